The summed E-state index contributed by atoms with van der Waals surface area (Å²) in [5, 5.41) is 0.554. The molecule has 1 amide bonds. The van der Waals surface area contributed by atoms with Crippen molar-refractivity contribution in [3.05, 3.63) is 59.1 Å². The fourth-order valence-corrected chi connectivity index (χ4v) is 3.33. The third-order valence-electron chi connectivity index (χ3n) is 2.69. The van der Waals surface area contributed by atoms with Crippen molar-refractivity contribution in [1.29, 1.82) is 0 Å². The number of thioether (sulfide) groups is 1. The minimum atomic E-state index is -4.34. The molecule has 24 heavy (non-hydrogen) atoms. The minimum Gasteiger partial charge on any atom is -0.277 e. The number of hydrogen-bond donors (Lipinski definition) is 2. The number of sulfonamides is 1. The Hall–Kier alpha value is -1.68. The van der Waals surface area contributed by atoms with Crippen molar-refractivity contribution < 1.29 is 22.0 Å². The summed E-state index contributed by atoms with van der Waals surface area (Å²) in [6.45, 7) is 0. The van der Waals surface area contributed by atoms with E-state index in [0.29, 0.717) is 11.1 Å². The first-order valence-corrected chi connectivity index (χ1v) is 9.27. The zero-order valence-electron chi connectivity index (χ0n) is 11.9. The number of hydrogen-bond acceptors (Lipinski definition) is 4. The van der Waals surface area contributed by atoms with Gasteiger partial charge in [0.1, 0.15) is 16.5 Å². The van der Waals surface area contributed by atoms with Gasteiger partial charge < -0.3 is 0 Å². The maximum Gasteiger partial charge on any atom is 0.260 e. The number of rotatable bonds is 6. The lowest BCUT2D eigenvalue weighted by molar-refractivity contribution is -0.119. The standard InChI is InChI=1S/C14H11ClF2N2O3S2/c15-9-1-4-11(5-2-9)23-8-14(20)18-19-24(21,22)13-6-3-10(16)7-12(13)17/h1-7,19H,8H2,(H,18,20). The lowest BCUT2D eigenvalue weighted by Crippen LogP contribution is -2.42. The second kappa shape index (κ2) is 7.93. The molecule has 2 aromatic rings. The molecule has 0 saturated heterocycles. The molecule has 2 aromatic carbocycles. The van der Waals surface area contributed by atoms with Crippen LogP contribution in [0.3, 0.4) is 0 Å². The number of benzene rings is 2. The SMILES string of the molecule is O=C(CSc1ccc(Cl)cc1)NNS(=O)(=O)c1ccc(F)cc1F. The third kappa shape index (κ3) is 5.17. The highest BCUT2D eigenvalue weighted by molar-refractivity contribution is 8.00. The Morgan fingerprint density at radius 2 is 1.79 bits per heavy atom. The zero-order valence-corrected chi connectivity index (χ0v) is 14.3. The average molecular weight is 393 g/mol. The molecular weight excluding hydrogens is 382 g/mol. The van der Waals surface area contributed by atoms with Crippen LogP contribution in [-0.4, -0.2) is 20.1 Å². The zero-order chi connectivity index (χ0) is 17.7. The molecule has 0 aliphatic heterocycles. The molecule has 0 heterocycles. The van der Waals surface area contributed by atoms with Gasteiger partial charge >= 0.3 is 0 Å². The number of amides is 1. The highest BCUT2D eigenvalue weighted by Crippen LogP contribution is 2.20. The van der Waals surface area contributed by atoms with Crippen LogP contribution in [0.15, 0.2) is 52.3 Å². The van der Waals surface area contributed by atoms with Gasteiger partial charge in [0.2, 0.25) is 5.91 Å². The van der Waals surface area contributed by atoms with Gasteiger partial charge in [0.05, 0.1) is 5.75 Å². The Bertz CT molecular complexity index is 846. The van der Waals surface area contributed by atoms with Crippen molar-refractivity contribution in [2.75, 3.05) is 5.75 Å². The summed E-state index contributed by atoms with van der Waals surface area (Å²) in [6, 6.07) is 8.73. The van der Waals surface area contributed by atoms with Crippen molar-refractivity contribution in [3.8, 4) is 0 Å². The molecule has 0 spiro atoms. The molecule has 2 rings (SSSR count). The summed E-state index contributed by atoms with van der Waals surface area (Å²) in [6.07, 6.45) is 0. The molecule has 0 fully saturated rings. The van der Waals surface area contributed by atoms with Crippen molar-refractivity contribution in [2.45, 2.75) is 9.79 Å². The van der Waals surface area contributed by atoms with Crippen LogP contribution in [0.25, 0.3) is 0 Å². The molecule has 0 atom stereocenters. The summed E-state index contributed by atoms with van der Waals surface area (Å²) < 4.78 is 50.0. The van der Waals surface area contributed by atoms with Crippen LogP contribution in [0.4, 0.5) is 8.78 Å². The highest BCUT2D eigenvalue weighted by atomic mass is 35.5. The monoisotopic (exact) mass is 392 g/mol. The van der Waals surface area contributed by atoms with E-state index >= 15 is 0 Å². The van der Waals surface area contributed by atoms with E-state index in [9.17, 15) is 22.0 Å². The van der Waals surface area contributed by atoms with Gasteiger partial charge in [-0.05, 0) is 36.4 Å². The van der Waals surface area contributed by atoms with Gasteiger partial charge in [-0.25, -0.2) is 17.2 Å². The average Bonchev–Trinajstić information content (AvgIpc) is 2.52. The predicted molar refractivity (Wildman–Crippen MR) is 87.0 cm³/mol. The van der Waals surface area contributed by atoms with E-state index in [-0.39, 0.29) is 5.75 Å². The maximum absolute atomic E-state index is 13.5. The van der Waals surface area contributed by atoms with Crippen molar-refractivity contribution in [1.82, 2.24) is 10.3 Å². The molecule has 10 heteroatoms. The first kappa shape index (κ1) is 18.7. The van der Waals surface area contributed by atoms with E-state index in [1.807, 2.05) is 5.43 Å². The number of halogens is 3. The van der Waals surface area contributed by atoms with Gasteiger partial charge in [0.15, 0.2) is 0 Å². The van der Waals surface area contributed by atoms with Gasteiger partial charge in [0, 0.05) is 16.0 Å². The topological polar surface area (TPSA) is 75.3 Å². The molecule has 5 nitrogen and oxygen atoms in total. The molecule has 0 bridgehead atoms. The summed E-state index contributed by atoms with van der Waals surface area (Å²) in [7, 11) is -4.34. The molecule has 128 valence electrons. The van der Waals surface area contributed by atoms with E-state index < -0.39 is 32.5 Å². The quantitative estimate of drug-likeness (QED) is 0.585. The van der Waals surface area contributed by atoms with E-state index in [1.165, 1.54) is 0 Å². The molecule has 0 aromatic heterocycles. The van der Waals surface area contributed by atoms with Crippen molar-refractivity contribution >= 4 is 39.3 Å². The molecule has 0 aliphatic rings. The van der Waals surface area contributed by atoms with Crippen LogP contribution in [0, 0.1) is 11.6 Å². The normalized spacial score (nSPS) is 11.3. The Balaban J connectivity index is 1.91. The van der Waals surface area contributed by atoms with Gasteiger partial charge in [-0.2, -0.15) is 0 Å². The smallest absolute Gasteiger partial charge is 0.260 e. The first-order valence-electron chi connectivity index (χ1n) is 6.42. The number of carbonyl (C=O) groups excluding carboxylic acids is 1. The molecule has 0 saturated carbocycles. The van der Waals surface area contributed by atoms with Gasteiger partial charge in [-0.15, -0.1) is 16.6 Å². The highest BCUT2D eigenvalue weighted by Gasteiger charge is 2.20. The maximum atomic E-state index is 13.5. The van der Waals surface area contributed by atoms with Crippen LogP contribution in [0.2, 0.25) is 5.02 Å². The number of hydrazine groups is 1. The second-order valence-electron chi connectivity index (χ2n) is 4.47. The summed E-state index contributed by atoms with van der Waals surface area (Å²) in [4.78, 5) is 13.4. The second-order valence-corrected chi connectivity index (χ2v) is 7.61. The molecule has 0 unspecified atom stereocenters. The Morgan fingerprint density at radius 1 is 1.12 bits per heavy atom. The van der Waals surface area contributed by atoms with Gasteiger partial charge in [-0.1, -0.05) is 11.6 Å². The number of carbonyl (C=O) groups is 1. The Morgan fingerprint density at radius 3 is 2.42 bits per heavy atom. The predicted octanol–water partition coefficient (Wildman–Crippen LogP) is 2.72. The van der Waals surface area contributed by atoms with Crippen LogP contribution in [-0.2, 0) is 14.8 Å². The molecule has 0 radical (unpaired) electrons. The van der Waals surface area contributed by atoms with Crippen LogP contribution in [0.5, 0.6) is 0 Å². The Kier molecular flexibility index (Phi) is 6.16. The van der Waals surface area contributed by atoms with E-state index in [0.717, 1.165) is 28.8 Å². The van der Waals surface area contributed by atoms with Crippen LogP contribution >= 0.6 is 23.4 Å². The number of nitrogens with one attached hydrogen (secondary N) is 2. The molecule has 0 aliphatic carbocycles. The fraction of sp³-hybridized carbons (Fsp3) is 0.0714. The van der Waals surface area contributed by atoms with Crippen LogP contribution < -0.4 is 10.3 Å². The van der Waals surface area contributed by atoms with Gasteiger partial charge in [-0.3, -0.25) is 10.2 Å². The van der Waals surface area contributed by atoms with Crippen molar-refractivity contribution in [2.24, 2.45) is 0 Å². The molecular formula is C14H11ClF2N2O3S2. The lowest BCUT2D eigenvalue weighted by atomic mass is 10.3. The van der Waals surface area contributed by atoms with E-state index in [1.54, 1.807) is 29.1 Å². The van der Waals surface area contributed by atoms with E-state index in [4.69, 9.17) is 11.6 Å². The molecule has 2 N–H and O–H groups in total. The lowest BCUT2D eigenvalue weighted by Gasteiger charge is -2.09. The van der Waals surface area contributed by atoms with E-state index in [2.05, 4.69) is 0 Å². The summed E-state index contributed by atoms with van der Waals surface area (Å²) >= 11 is 6.90. The summed E-state index contributed by atoms with van der Waals surface area (Å²) in [5.41, 5.74) is 1.96. The first-order chi connectivity index (χ1) is 11.3. The largest absolute Gasteiger partial charge is 0.277 e. The summed E-state index contributed by atoms with van der Waals surface area (Å²) in [5.74, 6) is -2.88. The van der Waals surface area contributed by atoms with Crippen molar-refractivity contribution in [3.63, 3.8) is 0 Å². The fourth-order valence-electron chi connectivity index (χ4n) is 1.59. The van der Waals surface area contributed by atoms with Gasteiger partial charge in [0.25, 0.3) is 10.0 Å². The third-order valence-corrected chi connectivity index (χ3v) is 5.24. The van der Waals surface area contributed by atoms with Crippen LogP contribution in [0.1, 0.15) is 0 Å². The Labute approximate surface area is 146 Å². The minimum absolute atomic E-state index is 0.0734.